The summed E-state index contributed by atoms with van der Waals surface area (Å²) in [5, 5.41) is 13.7. The highest BCUT2D eigenvalue weighted by molar-refractivity contribution is 6.14. The molecule has 2 aromatic heterocycles. The Morgan fingerprint density at radius 1 is 0.480 bits per heavy atom. The van der Waals surface area contributed by atoms with E-state index in [1.807, 2.05) is 66.7 Å². The fraction of sp³-hybridized carbons (Fsp3) is 0. The van der Waals surface area contributed by atoms with E-state index in [1.165, 1.54) is 0 Å². The van der Waals surface area contributed by atoms with E-state index in [0.29, 0.717) is 16.9 Å². The number of nitrogens with zero attached hydrogens (tertiary/aromatic N) is 5. The van der Waals surface area contributed by atoms with Crippen LogP contribution in [0.1, 0.15) is 5.56 Å². The third-order valence-corrected chi connectivity index (χ3v) is 9.59. The third kappa shape index (κ3) is 4.31. The fourth-order valence-corrected chi connectivity index (χ4v) is 7.40. The van der Waals surface area contributed by atoms with Gasteiger partial charge in [-0.25, -0.2) is 9.69 Å². The highest BCUT2D eigenvalue weighted by atomic mass is 15.0. The highest BCUT2D eigenvalue weighted by Crippen LogP contribution is 2.44. The summed E-state index contributed by atoms with van der Waals surface area (Å²) in [5.74, 6) is 0. The molecule has 0 saturated heterocycles. The van der Waals surface area contributed by atoms with Crippen molar-refractivity contribution >= 4 is 55.0 Å². The molecule has 9 aromatic rings. The third-order valence-electron chi connectivity index (χ3n) is 9.59. The van der Waals surface area contributed by atoms with Gasteiger partial charge in [-0.2, -0.15) is 5.26 Å². The van der Waals surface area contributed by atoms with Crippen LogP contribution in [0, 0.1) is 24.5 Å². The van der Waals surface area contributed by atoms with Crippen molar-refractivity contribution in [2.45, 2.75) is 0 Å². The second-order valence-corrected chi connectivity index (χ2v) is 12.2. The van der Waals surface area contributed by atoms with Gasteiger partial charge >= 0.3 is 0 Å². The average molecular weight is 636 g/mol. The van der Waals surface area contributed by atoms with Crippen LogP contribution in [0.4, 0.5) is 11.4 Å². The first kappa shape index (κ1) is 28.8. The molecule has 5 nitrogen and oxygen atoms in total. The fourth-order valence-electron chi connectivity index (χ4n) is 7.40. The first-order chi connectivity index (χ1) is 24.7. The quantitative estimate of drug-likeness (QED) is 0.177. The summed E-state index contributed by atoms with van der Waals surface area (Å²) < 4.78 is 4.35. The summed E-state index contributed by atoms with van der Waals surface area (Å²) in [7, 11) is 0. The minimum atomic E-state index is 0.521. The Hall–Kier alpha value is -7.39. The molecule has 0 atom stereocenters. The molecule has 0 aliphatic rings. The molecule has 50 heavy (non-hydrogen) atoms. The molecule has 2 heterocycles. The van der Waals surface area contributed by atoms with E-state index in [4.69, 9.17) is 13.1 Å². The Bertz CT molecular complexity index is 2960. The van der Waals surface area contributed by atoms with Crippen LogP contribution in [0.2, 0.25) is 0 Å². The summed E-state index contributed by atoms with van der Waals surface area (Å²) in [5.41, 5.74) is 11.4. The summed E-state index contributed by atoms with van der Waals surface area (Å²) in [6.07, 6.45) is 0. The molecule has 0 bridgehead atoms. The van der Waals surface area contributed by atoms with E-state index >= 15 is 0 Å². The van der Waals surface area contributed by atoms with Crippen LogP contribution in [0.15, 0.2) is 152 Å². The van der Waals surface area contributed by atoms with Crippen LogP contribution in [0.25, 0.3) is 86.9 Å². The molecule has 7 aromatic carbocycles. The minimum absolute atomic E-state index is 0.521. The molecule has 0 N–H and O–H groups in total. The molecule has 0 unspecified atom stereocenters. The molecular formula is C45H25N5. The van der Waals surface area contributed by atoms with Crippen molar-refractivity contribution in [3.05, 3.63) is 180 Å². The van der Waals surface area contributed by atoms with E-state index in [9.17, 15) is 5.26 Å². The lowest BCUT2D eigenvalue weighted by Crippen LogP contribution is -1.98. The molecule has 230 valence electrons. The summed E-state index contributed by atoms with van der Waals surface area (Å²) in [6.45, 7) is 16.2. The predicted octanol–water partition coefficient (Wildman–Crippen LogP) is 12.2. The van der Waals surface area contributed by atoms with Crippen molar-refractivity contribution in [2.75, 3.05) is 0 Å². The van der Waals surface area contributed by atoms with Gasteiger partial charge in [-0.3, -0.25) is 0 Å². The predicted molar refractivity (Wildman–Crippen MR) is 203 cm³/mol. The maximum absolute atomic E-state index is 9.54. The zero-order valence-electron chi connectivity index (χ0n) is 26.7. The Balaban J connectivity index is 1.19. The van der Waals surface area contributed by atoms with E-state index in [0.717, 1.165) is 77.2 Å². The molecule has 0 radical (unpaired) electrons. The second-order valence-electron chi connectivity index (χ2n) is 12.2. The summed E-state index contributed by atoms with van der Waals surface area (Å²) >= 11 is 0. The van der Waals surface area contributed by atoms with Crippen LogP contribution in [-0.2, 0) is 0 Å². The molecule has 5 heteroatoms. The van der Waals surface area contributed by atoms with Gasteiger partial charge in [-0.1, -0.05) is 103 Å². The van der Waals surface area contributed by atoms with Gasteiger partial charge in [0.1, 0.15) is 0 Å². The number of rotatable bonds is 4. The van der Waals surface area contributed by atoms with Gasteiger partial charge in [0.2, 0.25) is 11.4 Å². The molecule has 0 spiro atoms. The zero-order valence-corrected chi connectivity index (χ0v) is 26.7. The maximum Gasteiger partial charge on any atom is 0.211 e. The van der Waals surface area contributed by atoms with Gasteiger partial charge in [0.15, 0.2) is 0 Å². The number of benzene rings is 7. The second kappa shape index (κ2) is 11.4. The Labute approximate surface area is 288 Å². The first-order valence-electron chi connectivity index (χ1n) is 16.2. The Kier molecular flexibility index (Phi) is 6.56. The van der Waals surface area contributed by atoms with E-state index in [-0.39, 0.29) is 0 Å². The summed E-state index contributed by atoms with van der Waals surface area (Å²) in [4.78, 5) is 7.88. The molecule has 0 aliphatic carbocycles. The Morgan fingerprint density at radius 3 is 1.86 bits per heavy atom. The topological polar surface area (TPSA) is 42.4 Å². The first-order valence-corrected chi connectivity index (χ1v) is 16.2. The SMILES string of the molecule is [C-]#[N+]c1cccc(-c2cccc(-c3ccc(-n4c5ccccc5c5cc(C#N)ccc54)cc3)c2)c1-n1c2ccccc2c2cccc([N+]#[C-])c21. The van der Waals surface area contributed by atoms with Crippen LogP contribution in [0.3, 0.4) is 0 Å². The van der Waals surface area contributed by atoms with Crippen molar-refractivity contribution in [1.29, 1.82) is 5.26 Å². The van der Waals surface area contributed by atoms with Crippen molar-refractivity contribution in [2.24, 2.45) is 0 Å². The normalized spacial score (nSPS) is 11.1. The molecule has 0 aliphatic heterocycles. The van der Waals surface area contributed by atoms with Gasteiger partial charge in [-0.05, 0) is 76.2 Å². The van der Waals surface area contributed by atoms with E-state index in [1.54, 1.807) is 0 Å². The van der Waals surface area contributed by atoms with E-state index < -0.39 is 0 Å². The lowest BCUT2D eigenvalue weighted by atomic mass is 9.97. The molecule has 0 amide bonds. The molecule has 0 fully saturated rings. The van der Waals surface area contributed by atoms with Crippen molar-refractivity contribution in [3.63, 3.8) is 0 Å². The van der Waals surface area contributed by atoms with Crippen molar-refractivity contribution in [3.8, 4) is 39.7 Å². The van der Waals surface area contributed by atoms with Gasteiger partial charge in [0.05, 0.1) is 52.5 Å². The van der Waals surface area contributed by atoms with Crippen LogP contribution >= 0.6 is 0 Å². The van der Waals surface area contributed by atoms with Gasteiger partial charge in [-0.15, -0.1) is 0 Å². The van der Waals surface area contributed by atoms with E-state index in [2.05, 4.69) is 110 Å². The number of hydrogen-bond donors (Lipinski definition) is 0. The van der Waals surface area contributed by atoms with Gasteiger partial charge in [0.25, 0.3) is 0 Å². The van der Waals surface area contributed by atoms with Crippen molar-refractivity contribution in [1.82, 2.24) is 9.13 Å². The monoisotopic (exact) mass is 635 g/mol. The number of fused-ring (bicyclic) bond motifs is 6. The van der Waals surface area contributed by atoms with Crippen LogP contribution < -0.4 is 0 Å². The molecule has 0 saturated carbocycles. The van der Waals surface area contributed by atoms with Gasteiger partial charge < -0.3 is 9.13 Å². The highest BCUT2D eigenvalue weighted by Gasteiger charge is 2.21. The number of para-hydroxylation sites is 4. The number of nitriles is 1. The minimum Gasteiger partial charge on any atom is -0.328 e. The van der Waals surface area contributed by atoms with Crippen LogP contribution in [-0.4, -0.2) is 9.13 Å². The maximum atomic E-state index is 9.54. The number of aromatic nitrogens is 2. The standard InChI is InChI=1S/C45H25N5/c1-47-39-16-8-14-34(44(39)50-42-19-6-3-12-35(42)37-15-9-17-40(48-2)45(37)50)32-11-7-10-31(27-32)30-21-23-33(24-22-30)49-41-18-5-4-13-36(41)38-26-29(28-46)20-25-43(38)49/h3-27H. The zero-order chi connectivity index (χ0) is 33.8. The largest absolute Gasteiger partial charge is 0.328 e. The van der Waals surface area contributed by atoms with Crippen LogP contribution in [0.5, 0.6) is 0 Å². The molecular weight excluding hydrogens is 611 g/mol. The molecule has 9 rings (SSSR count). The lowest BCUT2D eigenvalue weighted by molar-refractivity contribution is 1.18. The van der Waals surface area contributed by atoms with Gasteiger partial charge in [0, 0.05) is 21.8 Å². The smallest absolute Gasteiger partial charge is 0.211 e. The Morgan fingerprint density at radius 2 is 1.10 bits per heavy atom. The van der Waals surface area contributed by atoms with Crippen molar-refractivity contribution < 1.29 is 0 Å². The number of hydrogen-bond acceptors (Lipinski definition) is 1. The average Bonchev–Trinajstić information content (AvgIpc) is 3.70. The summed E-state index contributed by atoms with van der Waals surface area (Å²) in [6, 6.07) is 53.3. The lowest BCUT2D eigenvalue weighted by Gasteiger charge is -2.17.